The molecule has 0 radical (unpaired) electrons. The van der Waals surface area contributed by atoms with Gasteiger partial charge in [-0.1, -0.05) is 30.3 Å². The van der Waals surface area contributed by atoms with Crippen molar-refractivity contribution in [1.29, 1.82) is 0 Å². The first kappa shape index (κ1) is 23.9. The van der Waals surface area contributed by atoms with E-state index in [1.807, 2.05) is 66.4 Å². The first-order valence-electron chi connectivity index (χ1n) is 11.7. The lowest BCUT2D eigenvalue weighted by atomic mass is 10.1. The van der Waals surface area contributed by atoms with Gasteiger partial charge in [0.1, 0.15) is 11.6 Å². The number of piperazine rings is 1. The number of carbonyl (C=O) groups is 1. The van der Waals surface area contributed by atoms with Crippen LogP contribution in [-0.4, -0.2) is 71.3 Å². The van der Waals surface area contributed by atoms with Crippen LogP contribution in [0.1, 0.15) is 25.7 Å². The van der Waals surface area contributed by atoms with Crippen molar-refractivity contribution in [2.45, 2.75) is 32.5 Å². The minimum Gasteiger partial charge on any atom is -0.484 e. The highest BCUT2D eigenvalue weighted by atomic mass is 16.5. The SMILES string of the molecule is COCCn1c(C(C)N2CCN(C(=O)COc3ccccc3)C(C)C2)nc2ccccc2c1=O. The summed E-state index contributed by atoms with van der Waals surface area (Å²) < 4.78 is 12.6. The van der Waals surface area contributed by atoms with E-state index in [0.717, 1.165) is 5.82 Å². The molecule has 3 aromatic rings. The van der Waals surface area contributed by atoms with Gasteiger partial charge in [0.15, 0.2) is 6.61 Å². The van der Waals surface area contributed by atoms with E-state index in [0.29, 0.717) is 49.4 Å². The maximum Gasteiger partial charge on any atom is 0.261 e. The van der Waals surface area contributed by atoms with Crippen LogP contribution in [0.25, 0.3) is 10.9 Å². The Balaban J connectivity index is 1.48. The number of para-hydroxylation sites is 2. The van der Waals surface area contributed by atoms with Crippen LogP contribution in [0, 0.1) is 0 Å². The van der Waals surface area contributed by atoms with Gasteiger partial charge in [-0.05, 0) is 38.1 Å². The van der Waals surface area contributed by atoms with E-state index in [1.165, 1.54) is 0 Å². The molecule has 8 nitrogen and oxygen atoms in total. The van der Waals surface area contributed by atoms with Gasteiger partial charge >= 0.3 is 0 Å². The number of benzene rings is 2. The number of hydrogen-bond donors (Lipinski definition) is 0. The Hall–Kier alpha value is -3.23. The molecule has 180 valence electrons. The third kappa shape index (κ3) is 5.13. The molecule has 2 heterocycles. The fourth-order valence-electron chi connectivity index (χ4n) is 4.52. The quantitative estimate of drug-likeness (QED) is 0.510. The minimum absolute atomic E-state index is 0.0164. The zero-order valence-corrected chi connectivity index (χ0v) is 20.0. The van der Waals surface area contributed by atoms with Gasteiger partial charge in [0.2, 0.25) is 0 Å². The topological polar surface area (TPSA) is 76.9 Å². The fourth-order valence-corrected chi connectivity index (χ4v) is 4.52. The van der Waals surface area contributed by atoms with Crippen molar-refractivity contribution in [3.8, 4) is 5.75 Å². The van der Waals surface area contributed by atoms with Crippen molar-refractivity contribution < 1.29 is 14.3 Å². The molecular formula is C26H32N4O4. The van der Waals surface area contributed by atoms with E-state index in [4.69, 9.17) is 14.5 Å². The van der Waals surface area contributed by atoms with Crippen LogP contribution < -0.4 is 10.3 Å². The third-order valence-electron chi connectivity index (χ3n) is 6.42. The Morgan fingerprint density at radius 3 is 2.59 bits per heavy atom. The maximum absolute atomic E-state index is 13.2. The molecule has 0 aliphatic carbocycles. The summed E-state index contributed by atoms with van der Waals surface area (Å²) in [6.45, 7) is 6.98. The second-order valence-corrected chi connectivity index (χ2v) is 8.65. The summed E-state index contributed by atoms with van der Waals surface area (Å²) in [6.07, 6.45) is 0. The summed E-state index contributed by atoms with van der Waals surface area (Å²) in [5.74, 6) is 1.39. The summed E-state index contributed by atoms with van der Waals surface area (Å²) >= 11 is 0. The summed E-state index contributed by atoms with van der Waals surface area (Å²) in [6, 6.07) is 16.7. The van der Waals surface area contributed by atoms with Crippen molar-refractivity contribution in [3.05, 3.63) is 70.8 Å². The molecule has 0 N–H and O–H groups in total. The summed E-state index contributed by atoms with van der Waals surface area (Å²) in [5.41, 5.74) is 0.646. The zero-order valence-electron chi connectivity index (χ0n) is 20.0. The van der Waals surface area contributed by atoms with Crippen LogP contribution >= 0.6 is 0 Å². The van der Waals surface area contributed by atoms with Crippen LogP contribution in [-0.2, 0) is 16.1 Å². The van der Waals surface area contributed by atoms with Gasteiger partial charge in [-0.25, -0.2) is 4.98 Å². The van der Waals surface area contributed by atoms with Crippen molar-refractivity contribution in [3.63, 3.8) is 0 Å². The lowest BCUT2D eigenvalue weighted by molar-refractivity contribution is -0.138. The van der Waals surface area contributed by atoms with E-state index < -0.39 is 0 Å². The number of carbonyl (C=O) groups excluding carboxylic acids is 1. The molecule has 0 bridgehead atoms. The normalized spacial score (nSPS) is 17.6. The Labute approximate surface area is 199 Å². The van der Waals surface area contributed by atoms with Crippen molar-refractivity contribution in [2.75, 3.05) is 40.0 Å². The molecule has 2 unspecified atom stereocenters. The van der Waals surface area contributed by atoms with Gasteiger partial charge in [0.25, 0.3) is 11.5 Å². The molecule has 1 amide bonds. The van der Waals surface area contributed by atoms with E-state index in [9.17, 15) is 9.59 Å². The molecule has 1 fully saturated rings. The zero-order chi connectivity index (χ0) is 24.1. The van der Waals surface area contributed by atoms with Gasteiger partial charge in [-0.3, -0.25) is 19.1 Å². The largest absolute Gasteiger partial charge is 0.484 e. The Bertz CT molecular complexity index is 1180. The number of nitrogens with zero attached hydrogens (tertiary/aromatic N) is 4. The molecule has 1 aliphatic heterocycles. The average Bonchev–Trinajstić information content (AvgIpc) is 2.86. The lowest BCUT2D eigenvalue weighted by Gasteiger charge is -2.42. The minimum atomic E-state index is -0.0885. The summed E-state index contributed by atoms with van der Waals surface area (Å²) in [5, 5.41) is 0.608. The predicted octanol–water partition coefficient (Wildman–Crippen LogP) is 2.72. The number of ether oxygens (including phenoxy) is 2. The molecule has 0 spiro atoms. The number of hydrogen-bond acceptors (Lipinski definition) is 6. The number of rotatable bonds is 8. The first-order valence-corrected chi connectivity index (χ1v) is 11.7. The molecule has 2 atom stereocenters. The van der Waals surface area contributed by atoms with Gasteiger partial charge < -0.3 is 14.4 Å². The molecule has 1 saturated heterocycles. The maximum atomic E-state index is 13.2. The molecule has 2 aromatic carbocycles. The monoisotopic (exact) mass is 464 g/mol. The Morgan fingerprint density at radius 2 is 1.85 bits per heavy atom. The molecule has 1 aliphatic rings. The van der Waals surface area contributed by atoms with E-state index >= 15 is 0 Å². The first-order chi connectivity index (χ1) is 16.5. The van der Waals surface area contributed by atoms with Crippen LogP contribution in [0.4, 0.5) is 0 Å². The van der Waals surface area contributed by atoms with E-state index in [2.05, 4.69) is 11.8 Å². The number of methoxy groups -OCH3 is 1. The number of fused-ring (bicyclic) bond motifs is 1. The van der Waals surface area contributed by atoms with Crippen molar-refractivity contribution in [1.82, 2.24) is 19.4 Å². The van der Waals surface area contributed by atoms with Gasteiger partial charge in [0.05, 0.1) is 30.1 Å². The molecule has 4 rings (SSSR count). The highest BCUT2D eigenvalue weighted by molar-refractivity contribution is 5.78. The number of amides is 1. The molecule has 8 heteroatoms. The predicted molar refractivity (Wildman–Crippen MR) is 131 cm³/mol. The Morgan fingerprint density at radius 1 is 1.12 bits per heavy atom. The second kappa shape index (κ2) is 10.8. The van der Waals surface area contributed by atoms with Crippen LogP contribution in [0.2, 0.25) is 0 Å². The van der Waals surface area contributed by atoms with Crippen molar-refractivity contribution >= 4 is 16.8 Å². The lowest BCUT2D eigenvalue weighted by Crippen LogP contribution is -2.55. The van der Waals surface area contributed by atoms with Crippen LogP contribution in [0.5, 0.6) is 5.75 Å². The smallest absolute Gasteiger partial charge is 0.261 e. The average molecular weight is 465 g/mol. The van der Waals surface area contributed by atoms with E-state index in [-0.39, 0.29) is 30.2 Å². The molecule has 0 saturated carbocycles. The third-order valence-corrected chi connectivity index (χ3v) is 6.42. The van der Waals surface area contributed by atoms with Gasteiger partial charge in [-0.2, -0.15) is 0 Å². The summed E-state index contributed by atoms with van der Waals surface area (Å²) in [4.78, 5) is 35.1. The Kier molecular flexibility index (Phi) is 7.59. The van der Waals surface area contributed by atoms with Crippen molar-refractivity contribution in [2.24, 2.45) is 0 Å². The second-order valence-electron chi connectivity index (χ2n) is 8.65. The van der Waals surface area contributed by atoms with Crippen LogP contribution in [0.3, 0.4) is 0 Å². The standard InChI is InChI=1S/C26H32N4O4/c1-19-17-28(13-14-29(19)24(31)18-34-21-9-5-4-6-10-21)20(2)25-27-23-12-8-7-11-22(23)26(32)30(25)15-16-33-3/h4-12,19-20H,13-18H2,1-3H3. The van der Waals surface area contributed by atoms with Crippen LogP contribution in [0.15, 0.2) is 59.4 Å². The summed E-state index contributed by atoms with van der Waals surface area (Å²) in [7, 11) is 1.63. The molecule has 1 aromatic heterocycles. The highest BCUT2D eigenvalue weighted by Crippen LogP contribution is 2.23. The molecular weight excluding hydrogens is 432 g/mol. The highest BCUT2D eigenvalue weighted by Gasteiger charge is 2.32. The molecule has 34 heavy (non-hydrogen) atoms. The number of aromatic nitrogens is 2. The van der Waals surface area contributed by atoms with Gasteiger partial charge in [-0.15, -0.1) is 0 Å². The van der Waals surface area contributed by atoms with E-state index in [1.54, 1.807) is 11.7 Å². The van der Waals surface area contributed by atoms with Gasteiger partial charge in [0, 0.05) is 32.8 Å². The fraction of sp³-hybridized carbons (Fsp3) is 0.423.